The third-order valence-electron chi connectivity index (χ3n) is 6.96. The van der Waals surface area contributed by atoms with Gasteiger partial charge in [0.2, 0.25) is 0 Å². The molecule has 3 aromatic carbocycles. The Kier molecular flexibility index (Phi) is 6.89. The fraction of sp³-hybridized carbons (Fsp3) is 0.300. The van der Waals surface area contributed by atoms with Crippen molar-refractivity contribution >= 4 is 35.1 Å². The van der Waals surface area contributed by atoms with Crippen molar-refractivity contribution in [2.75, 3.05) is 18.6 Å². The standard InChI is InChI=1S/C30H30O2S2/c1-21-12-9-10-17-24(21)26-25(23-15-7-4-8-16-23)28(27(26)29(31)32-2)30(33-18-11-19-34-30)20-22-13-5-3-6-14-22/h3-10,12-17,26-27H,11,18-20H2,1-2H3/t26-,27+/m1/s1. The van der Waals surface area contributed by atoms with E-state index in [-0.39, 0.29) is 21.9 Å². The number of benzene rings is 3. The molecule has 0 aromatic heterocycles. The first-order chi connectivity index (χ1) is 16.6. The zero-order valence-electron chi connectivity index (χ0n) is 19.7. The van der Waals surface area contributed by atoms with Crippen LogP contribution in [0.1, 0.15) is 34.6 Å². The number of aryl methyl sites for hydroxylation is 1. The molecule has 4 heteroatoms. The van der Waals surface area contributed by atoms with Crippen molar-refractivity contribution < 1.29 is 9.53 Å². The summed E-state index contributed by atoms with van der Waals surface area (Å²) in [5, 5.41) is 0. The first kappa shape index (κ1) is 23.3. The fourth-order valence-electron chi connectivity index (χ4n) is 5.41. The molecule has 1 fully saturated rings. The third kappa shape index (κ3) is 4.23. The molecule has 0 saturated carbocycles. The van der Waals surface area contributed by atoms with Gasteiger partial charge < -0.3 is 4.74 Å². The van der Waals surface area contributed by atoms with Gasteiger partial charge in [0.05, 0.1) is 17.1 Å². The number of thioether (sulfide) groups is 2. The Morgan fingerprint density at radius 1 is 0.912 bits per heavy atom. The maximum absolute atomic E-state index is 13.4. The predicted octanol–water partition coefficient (Wildman–Crippen LogP) is 7.14. The first-order valence-electron chi connectivity index (χ1n) is 11.9. The SMILES string of the molecule is COC(=O)[C@@H]1C(C2(Cc3ccccc3)SCCCS2)=C(c2ccccc2)[C@H]1c1ccccc1C. The minimum Gasteiger partial charge on any atom is -0.469 e. The fourth-order valence-corrected chi connectivity index (χ4v) is 8.99. The van der Waals surface area contributed by atoms with Gasteiger partial charge in [0.25, 0.3) is 0 Å². The summed E-state index contributed by atoms with van der Waals surface area (Å²) < 4.78 is 5.28. The van der Waals surface area contributed by atoms with E-state index in [0.29, 0.717) is 0 Å². The third-order valence-corrected chi connectivity index (χ3v) is 10.3. The Hall–Kier alpha value is -2.43. The second-order valence-electron chi connectivity index (χ2n) is 8.99. The van der Waals surface area contributed by atoms with Crippen LogP contribution in [0.5, 0.6) is 0 Å². The smallest absolute Gasteiger partial charge is 0.313 e. The Morgan fingerprint density at radius 2 is 1.53 bits per heavy atom. The van der Waals surface area contributed by atoms with Crippen molar-refractivity contribution in [2.24, 2.45) is 5.92 Å². The minimum absolute atomic E-state index is 0.00169. The van der Waals surface area contributed by atoms with Gasteiger partial charge in [-0.05, 0) is 58.3 Å². The van der Waals surface area contributed by atoms with Crippen LogP contribution in [-0.4, -0.2) is 28.7 Å². The minimum atomic E-state index is -0.275. The van der Waals surface area contributed by atoms with E-state index in [1.807, 2.05) is 23.5 Å². The normalized spacial score (nSPS) is 21.6. The number of rotatable bonds is 6. The average Bonchev–Trinajstić information content (AvgIpc) is 2.86. The van der Waals surface area contributed by atoms with Crippen molar-refractivity contribution in [3.05, 3.63) is 113 Å². The summed E-state index contributed by atoms with van der Waals surface area (Å²) >= 11 is 4.04. The summed E-state index contributed by atoms with van der Waals surface area (Å²) in [6.07, 6.45) is 2.10. The number of esters is 1. The summed E-state index contributed by atoms with van der Waals surface area (Å²) in [4.78, 5) is 13.4. The molecule has 2 nitrogen and oxygen atoms in total. The lowest BCUT2D eigenvalue weighted by Gasteiger charge is -2.51. The molecule has 5 rings (SSSR count). The van der Waals surface area contributed by atoms with E-state index in [0.717, 1.165) is 17.9 Å². The van der Waals surface area contributed by atoms with Crippen LogP contribution in [0, 0.1) is 12.8 Å². The Labute approximate surface area is 211 Å². The van der Waals surface area contributed by atoms with Crippen LogP contribution in [-0.2, 0) is 16.0 Å². The Bertz CT molecular complexity index is 1180. The number of ether oxygens (including phenoxy) is 1. The molecule has 0 unspecified atom stereocenters. The molecule has 1 aliphatic carbocycles. The van der Waals surface area contributed by atoms with Crippen LogP contribution in [0.2, 0.25) is 0 Å². The molecule has 0 spiro atoms. The van der Waals surface area contributed by atoms with E-state index < -0.39 is 0 Å². The van der Waals surface area contributed by atoms with Crippen LogP contribution >= 0.6 is 23.5 Å². The van der Waals surface area contributed by atoms with Crippen LogP contribution in [0.25, 0.3) is 5.57 Å². The zero-order chi connectivity index (χ0) is 23.5. The number of hydrogen-bond donors (Lipinski definition) is 0. The topological polar surface area (TPSA) is 26.3 Å². The second-order valence-corrected chi connectivity index (χ2v) is 12.0. The summed E-state index contributed by atoms with van der Waals surface area (Å²) in [7, 11) is 1.53. The number of carbonyl (C=O) groups excluding carboxylic acids is 1. The van der Waals surface area contributed by atoms with Gasteiger partial charge in [0.1, 0.15) is 0 Å². The molecule has 3 aromatic rings. The highest BCUT2D eigenvalue weighted by molar-refractivity contribution is 8.19. The van der Waals surface area contributed by atoms with Gasteiger partial charge in [-0.15, -0.1) is 23.5 Å². The Morgan fingerprint density at radius 3 is 2.18 bits per heavy atom. The van der Waals surface area contributed by atoms with Gasteiger partial charge in [0, 0.05) is 12.3 Å². The molecular weight excluding hydrogens is 456 g/mol. The number of methoxy groups -OCH3 is 1. The van der Waals surface area contributed by atoms with Gasteiger partial charge in [-0.2, -0.15) is 0 Å². The van der Waals surface area contributed by atoms with E-state index in [9.17, 15) is 4.79 Å². The van der Waals surface area contributed by atoms with Crippen molar-refractivity contribution in [1.29, 1.82) is 0 Å². The highest BCUT2D eigenvalue weighted by Gasteiger charge is 2.56. The van der Waals surface area contributed by atoms with E-state index >= 15 is 0 Å². The van der Waals surface area contributed by atoms with E-state index in [4.69, 9.17) is 4.74 Å². The lowest BCUT2D eigenvalue weighted by atomic mass is 9.60. The quantitative estimate of drug-likeness (QED) is 0.346. The second kappa shape index (κ2) is 10.1. The predicted molar refractivity (Wildman–Crippen MR) is 145 cm³/mol. The van der Waals surface area contributed by atoms with Crippen molar-refractivity contribution in [3.8, 4) is 0 Å². The lowest BCUT2D eigenvalue weighted by molar-refractivity contribution is -0.145. The molecule has 34 heavy (non-hydrogen) atoms. The molecule has 2 aliphatic rings. The zero-order valence-corrected chi connectivity index (χ0v) is 21.3. The van der Waals surface area contributed by atoms with E-state index in [1.54, 1.807) is 0 Å². The number of allylic oxidation sites excluding steroid dienone is 1. The molecule has 0 amide bonds. The largest absolute Gasteiger partial charge is 0.469 e. The molecular formula is C30H30O2S2. The molecule has 0 radical (unpaired) electrons. The van der Waals surface area contributed by atoms with E-state index in [2.05, 4.69) is 91.9 Å². The van der Waals surface area contributed by atoms with Crippen LogP contribution in [0.15, 0.2) is 90.5 Å². The molecule has 1 aliphatic heterocycles. The molecule has 0 bridgehead atoms. The van der Waals surface area contributed by atoms with Gasteiger partial charge in [-0.1, -0.05) is 84.9 Å². The monoisotopic (exact) mass is 486 g/mol. The lowest BCUT2D eigenvalue weighted by Crippen LogP contribution is -2.46. The summed E-state index contributed by atoms with van der Waals surface area (Å²) in [6.45, 7) is 2.15. The maximum Gasteiger partial charge on any atom is 0.313 e. The molecule has 1 heterocycles. The molecule has 1 saturated heterocycles. The highest BCUT2D eigenvalue weighted by atomic mass is 32.2. The van der Waals surface area contributed by atoms with Gasteiger partial charge >= 0.3 is 5.97 Å². The molecule has 174 valence electrons. The summed E-state index contributed by atoms with van der Waals surface area (Å²) in [5.41, 5.74) is 7.54. The summed E-state index contributed by atoms with van der Waals surface area (Å²) in [5.74, 6) is 1.81. The highest BCUT2D eigenvalue weighted by Crippen LogP contribution is 2.64. The number of carbonyl (C=O) groups is 1. The van der Waals surface area contributed by atoms with Gasteiger partial charge in [-0.3, -0.25) is 4.79 Å². The number of hydrogen-bond acceptors (Lipinski definition) is 4. The van der Waals surface area contributed by atoms with Gasteiger partial charge in [-0.25, -0.2) is 0 Å². The van der Waals surface area contributed by atoms with Crippen molar-refractivity contribution in [3.63, 3.8) is 0 Å². The first-order valence-corrected chi connectivity index (χ1v) is 13.9. The van der Waals surface area contributed by atoms with Crippen LogP contribution in [0.3, 0.4) is 0 Å². The Balaban J connectivity index is 1.74. The maximum atomic E-state index is 13.4. The average molecular weight is 487 g/mol. The van der Waals surface area contributed by atoms with Crippen LogP contribution < -0.4 is 0 Å². The van der Waals surface area contributed by atoms with Gasteiger partial charge in [0.15, 0.2) is 0 Å². The van der Waals surface area contributed by atoms with Crippen LogP contribution in [0.4, 0.5) is 0 Å². The summed E-state index contributed by atoms with van der Waals surface area (Å²) in [6, 6.07) is 29.9. The van der Waals surface area contributed by atoms with E-state index in [1.165, 1.54) is 46.9 Å². The van der Waals surface area contributed by atoms with Crippen molar-refractivity contribution in [2.45, 2.75) is 29.8 Å². The molecule has 0 N–H and O–H groups in total. The van der Waals surface area contributed by atoms with Crippen molar-refractivity contribution in [1.82, 2.24) is 0 Å². The molecule has 2 atom stereocenters.